The van der Waals surface area contributed by atoms with Crippen LogP contribution < -0.4 is 21.4 Å². The van der Waals surface area contributed by atoms with Gasteiger partial charge >= 0.3 is 0 Å². The Labute approximate surface area is 140 Å². The second kappa shape index (κ2) is 4.13. The van der Waals surface area contributed by atoms with Gasteiger partial charge in [0.05, 0.1) is 22.3 Å². The van der Waals surface area contributed by atoms with Crippen molar-refractivity contribution in [1.82, 2.24) is 9.97 Å². The van der Waals surface area contributed by atoms with Crippen molar-refractivity contribution in [2.24, 2.45) is 4.99 Å². The van der Waals surface area contributed by atoms with Gasteiger partial charge < -0.3 is 0 Å². The number of fused-ring (bicyclic) bond motifs is 9. The van der Waals surface area contributed by atoms with E-state index in [-0.39, 0.29) is 11.0 Å². The number of hydrogen-bond acceptors (Lipinski definition) is 5. The van der Waals surface area contributed by atoms with Crippen LogP contribution in [0.3, 0.4) is 0 Å². The van der Waals surface area contributed by atoms with Gasteiger partial charge in [-0.05, 0) is 36.3 Å². The van der Waals surface area contributed by atoms with Crippen LogP contribution >= 0.6 is 0 Å². The molecule has 0 amide bonds. The third kappa shape index (κ3) is 1.46. The molecule has 0 N–H and O–H groups in total. The lowest BCUT2D eigenvalue weighted by Gasteiger charge is -2.09. The number of aliphatic imine (C=N–C) groups is 1. The lowest BCUT2D eigenvalue weighted by molar-refractivity contribution is 1.29. The maximum Gasteiger partial charge on any atom is 0.278 e. The maximum atomic E-state index is 12.5. The molecule has 2 aromatic rings. The van der Waals surface area contributed by atoms with E-state index in [1.54, 1.807) is 24.5 Å². The SMILES string of the molecule is O=c1ccc2nc3c4c(c5cnc(=O)c5c3c-2c1)=C1N=CC=C1CC=4. The van der Waals surface area contributed by atoms with E-state index < -0.39 is 0 Å². The molecule has 0 bridgehead atoms. The van der Waals surface area contributed by atoms with E-state index >= 15 is 0 Å². The molecule has 0 saturated heterocycles. The number of benzene rings is 2. The summed E-state index contributed by atoms with van der Waals surface area (Å²) in [5.41, 5.74) is 3.85. The zero-order valence-corrected chi connectivity index (χ0v) is 12.9. The molecule has 25 heavy (non-hydrogen) atoms. The molecule has 2 aliphatic heterocycles. The van der Waals surface area contributed by atoms with Gasteiger partial charge in [-0.1, -0.05) is 6.08 Å². The van der Waals surface area contributed by atoms with Crippen molar-refractivity contribution >= 4 is 39.7 Å². The second-order valence-electron chi connectivity index (χ2n) is 6.38. The predicted molar refractivity (Wildman–Crippen MR) is 96.9 cm³/mol. The Morgan fingerprint density at radius 2 is 2.00 bits per heavy atom. The quantitative estimate of drug-likeness (QED) is 0.479. The topological polar surface area (TPSA) is 72.3 Å². The number of nitrogens with zero attached hydrogens (tertiary/aromatic N) is 3. The van der Waals surface area contributed by atoms with Crippen LogP contribution in [-0.2, 0) is 0 Å². The Kier molecular flexibility index (Phi) is 2.13. The summed E-state index contributed by atoms with van der Waals surface area (Å²) in [6.45, 7) is 0. The van der Waals surface area contributed by atoms with Crippen molar-refractivity contribution in [3.8, 4) is 11.3 Å². The highest BCUT2D eigenvalue weighted by Gasteiger charge is 2.23. The predicted octanol–water partition coefficient (Wildman–Crippen LogP) is 0.787. The lowest BCUT2D eigenvalue weighted by Crippen LogP contribution is -2.31. The van der Waals surface area contributed by atoms with Crippen LogP contribution in [0, 0.1) is 0 Å². The summed E-state index contributed by atoms with van der Waals surface area (Å²) < 4.78 is 0. The van der Waals surface area contributed by atoms with Crippen molar-refractivity contribution in [1.29, 1.82) is 0 Å². The van der Waals surface area contributed by atoms with E-state index in [4.69, 9.17) is 4.98 Å². The zero-order valence-electron chi connectivity index (χ0n) is 12.9. The minimum atomic E-state index is -0.285. The first-order valence-electron chi connectivity index (χ1n) is 8.02. The molecular formula is C20H9N3O2. The molecule has 2 aliphatic carbocycles. The van der Waals surface area contributed by atoms with Crippen molar-refractivity contribution in [2.45, 2.75) is 6.42 Å². The third-order valence-electron chi connectivity index (χ3n) is 5.09. The zero-order chi connectivity index (χ0) is 16.7. The van der Waals surface area contributed by atoms with Crippen LogP contribution in [0.15, 0.2) is 50.6 Å². The first-order valence-corrected chi connectivity index (χ1v) is 8.02. The number of aromatic nitrogens is 2. The number of allylic oxidation sites excluding steroid dienone is 1. The van der Waals surface area contributed by atoms with Crippen LogP contribution in [0.1, 0.15) is 6.42 Å². The highest BCUT2D eigenvalue weighted by atomic mass is 16.1. The normalized spacial score (nSPS) is 15.7. The Morgan fingerprint density at radius 1 is 1.08 bits per heavy atom. The molecule has 0 saturated carbocycles. The Morgan fingerprint density at radius 3 is 2.92 bits per heavy atom. The summed E-state index contributed by atoms with van der Waals surface area (Å²) in [6.07, 6.45) is 8.31. The molecule has 1 aromatic heterocycles. The molecule has 1 aromatic carbocycles. The van der Waals surface area contributed by atoms with Crippen LogP contribution in [0.25, 0.3) is 44.7 Å². The van der Waals surface area contributed by atoms with Gasteiger partial charge in [0, 0.05) is 39.2 Å². The average molecular weight is 323 g/mol. The first kappa shape index (κ1) is 12.9. The Hall–Kier alpha value is -3.47. The van der Waals surface area contributed by atoms with Gasteiger partial charge in [0.15, 0.2) is 5.43 Å². The molecule has 0 unspecified atom stereocenters. The summed E-state index contributed by atoms with van der Waals surface area (Å²) in [7, 11) is 0. The number of rotatable bonds is 0. The second-order valence-corrected chi connectivity index (χ2v) is 6.38. The van der Waals surface area contributed by atoms with E-state index in [1.807, 2.05) is 6.08 Å². The molecule has 5 heteroatoms. The van der Waals surface area contributed by atoms with Gasteiger partial charge in [-0.2, -0.15) is 0 Å². The average Bonchev–Trinajstić information content (AvgIpc) is 3.30. The van der Waals surface area contributed by atoms with Crippen LogP contribution in [0.2, 0.25) is 0 Å². The first-order chi connectivity index (χ1) is 12.2. The molecule has 0 atom stereocenters. The van der Waals surface area contributed by atoms with Gasteiger partial charge in [-0.15, -0.1) is 0 Å². The monoisotopic (exact) mass is 323 g/mol. The highest BCUT2D eigenvalue weighted by Crippen LogP contribution is 2.33. The van der Waals surface area contributed by atoms with Crippen LogP contribution in [0.4, 0.5) is 0 Å². The molecule has 6 rings (SSSR count). The molecule has 4 aliphatic rings. The fraction of sp³-hybridized carbons (Fsp3) is 0.0500. The van der Waals surface area contributed by atoms with Crippen molar-refractivity contribution in [3.63, 3.8) is 0 Å². The third-order valence-corrected chi connectivity index (χ3v) is 5.09. The minimum absolute atomic E-state index is 0.0939. The Balaban J connectivity index is 2.06. The lowest BCUT2D eigenvalue weighted by atomic mass is 9.94. The Bertz CT molecular complexity index is 1500. The smallest absolute Gasteiger partial charge is 0.278 e. The molecule has 0 fully saturated rings. The summed E-state index contributed by atoms with van der Waals surface area (Å²) in [5, 5.41) is 3.95. The molecule has 116 valence electrons. The van der Waals surface area contributed by atoms with Gasteiger partial charge in [0.25, 0.3) is 5.56 Å². The largest absolute Gasteiger partial charge is 0.290 e. The van der Waals surface area contributed by atoms with Crippen molar-refractivity contribution < 1.29 is 0 Å². The van der Waals surface area contributed by atoms with Gasteiger partial charge in [0.1, 0.15) is 0 Å². The van der Waals surface area contributed by atoms with Gasteiger partial charge in [-0.25, -0.2) is 9.97 Å². The van der Waals surface area contributed by atoms with E-state index in [0.717, 1.165) is 55.7 Å². The number of hydrogen-bond donors (Lipinski definition) is 0. The van der Waals surface area contributed by atoms with Crippen molar-refractivity contribution in [3.05, 3.63) is 67.1 Å². The summed E-state index contributed by atoms with van der Waals surface area (Å²) >= 11 is 0. The standard InChI is InChI=1S/C20H9N3O2/c24-10-2-4-14-12(7-10)16-17-13(8-22-20(17)25)15-11(19(16)23-14)3-1-9-5-6-21-18(9)15/h2-8H,1H2. The highest BCUT2D eigenvalue weighted by molar-refractivity contribution is 6.15. The molecule has 0 spiro atoms. The van der Waals surface area contributed by atoms with E-state index in [0.29, 0.717) is 5.39 Å². The minimum Gasteiger partial charge on any atom is -0.290 e. The fourth-order valence-corrected chi connectivity index (χ4v) is 4.05. The summed E-state index contributed by atoms with van der Waals surface area (Å²) in [5.74, 6) is 0. The van der Waals surface area contributed by atoms with Crippen LogP contribution in [0.5, 0.6) is 0 Å². The molecular weight excluding hydrogens is 314 g/mol. The van der Waals surface area contributed by atoms with Crippen molar-refractivity contribution in [2.75, 3.05) is 0 Å². The maximum absolute atomic E-state index is 12.5. The molecule has 0 radical (unpaired) electrons. The molecule has 3 heterocycles. The fourth-order valence-electron chi connectivity index (χ4n) is 4.05. The van der Waals surface area contributed by atoms with Gasteiger partial charge in [-0.3, -0.25) is 14.6 Å². The van der Waals surface area contributed by atoms with Crippen LogP contribution in [-0.4, -0.2) is 16.2 Å². The van der Waals surface area contributed by atoms with E-state index in [9.17, 15) is 9.59 Å². The van der Waals surface area contributed by atoms with Gasteiger partial charge in [0.2, 0.25) is 0 Å². The summed E-state index contributed by atoms with van der Waals surface area (Å²) in [6, 6.07) is 4.77. The molecule has 5 nitrogen and oxygen atoms in total. The van der Waals surface area contributed by atoms with E-state index in [1.165, 1.54) is 6.07 Å². The van der Waals surface area contributed by atoms with E-state index in [2.05, 4.69) is 16.1 Å². The summed E-state index contributed by atoms with van der Waals surface area (Å²) in [4.78, 5) is 37.6.